The van der Waals surface area contributed by atoms with E-state index < -0.39 is 7.32 Å². The van der Waals surface area contributed by atoms with Crippen LogP contribution in [-0.2, 0) is 9.31 Å². The molecule has 0 spiro atoms. The Morgan fingerprint density at radius 3 is 1.68 bits per heavy atom. The highest BCUT2D eigenvalue weighted by molar-refractivity contribution is 6.37. The minimum Gasteiger partial charge on any atom is -0.511 e. The van der Waals surface area contributed by atoms with Crippen molar-refractivity contribution >= 4 is 7.32 Å². The van der Waals surface area contributed by atoms with E-state index >= 15 is 4.39 Å². The Labute approximate surface area is 236 Å². The summed E-state index contributed by atoms with van der Waals surface area (Å²) in [6, 6.07) is 5.05. The van der Waals surface area contributed by atoms with Crippen LogP contribution in [0.15, 0.2) is 18.2 Å². The van der Waals surface area contributed by atoms with Gasteiger partial charge in [-0.1, -0.05) is 84.6 Å². The molecule has 38 heavy (non-hydrogen) atoms. The van der Waals surface area contributed by atoms with Gasteiger partial charge < -0.3 is 25.4 Å². The molecular formula is C32H61BFNO3. The SMILES string of the molecule is CCCCCCOB(OCCCCCC)Oc1cccc(F)c1C(C)[N+](CC)(CC)CC.[CH2-]CCCCC. The zero-order chi connectivity index (χ0) is 28.7. The first-order valence-electron chi connectivity index (χ1n) is 15.7. The third-order valence-electron chi connectivity index (χ3n) is 7.72. The van der Waals surface area contributed by atoms with E-state index in [9.17, 15) is 0 Å². The molecule has 0 saturated carbocycles. The summed E-state index contributed by atoms with van der Waals surface area (Å²) in [6.45, 7) is 22.9. The maximum atomic E-state index is 15.1. The number of halogens is 1. The molecule has 0 aromatic heterocycles. The molecule has 0 aliphatic heterocycles. The molecule has 1 unspecified atom stereocenters. The number of hydrogen-bond donors (Lipinski definition) is 0. The second-order valence-electron chi connectivity index (χ2n) is 10.3. The Hall–Kier alpha value is -1.11. The molecule has 1 aromatic rings. The van der Waals surface area contributed by atoms with Gasteiger partial charge in [-0.2, -0.15) is 6.42 Å². The Balaban J connectivity index is 0.00000203. The average molecular weight is 538 g/mol. The molecule has 0 radical (unpaired) electrons. The van der Waals surface area contributed by atoms with Crippen molar-refractivity contribution in [2.45, 2.75) is 132 Å². The van der Waals surface area contributed by atoms with Gasteiger partial charge in [-0.3, -0.25) is 0 Å². The number of hydrogen-bond acceptors (Lipinski definition) is 3. The lowest BCUT2D eigenvalue weighted by Gasteiger charge is -2.42. The van der Waals surface area contributed by atoms with Crippen molar-refractivity contribution < 1.29 is 22.8 Å². The Morgan fingerprint density at radius 1 is 0.763 bits per heavy atom. The third-order valence-corrected chi connectivity index (χ3v) is 7.72. The number of unbranched alkanes of at least 4 members (excludes halogenated alkanes) is 9. The van der Waals surface area contributed by atoms with Crippen molar-refractivity contribution in [3.63, 3.8) is 0 Å². The van der Waals surface area contributed by atoms with E-state index in [0.29, 0.717) is 24.5 Å². The first-order valence-corrected chi connectivity index (χ1v) is 15.7. The summed E-state index contributed by atoms with van der Waals surface area (Å²) in [5.74, 6) is 0.306. The van der Waals surface area contributed by atoms with Gasteiger partial charge in [0, 0.05) is 13.2 Å². The molecule has 0 aliphatic rings. The zero-order valence-corrected chi connectivity index (χ0v) is 26.2. The maximum absolute atomic E-state index is 15.1. The summed E-state index contributed by atoms with van der Waals surface area (Å²) in [5, 5.41) is 0. The molecule has 0 amide bonds. The average Bonchev–Trinajstić information content (AvgIpc) is 2.93. The van der Waals surface area contributed by atoms with Gasteiger partial charge in [0.2, 0.25) is 0 Å². The van der Waals surface area contributed by atoms with Gasteiger partial charge in [0.15, 0.2) is 0 Å². The van der Waals surface area contributed by atoms with E-state index in [4.69, 9.17) is 14.0 Å². The van der Waals surface area contributed by atoms with Gasteiger partial charge in [-0.15, -0.1) is 0 Å². The number of quaternary nitrogens is 1. The molecule has 0 aliphatic carbocycles. The molecule has 0 N–H and O–H groups in total. The first-order chi connectivity index (χ1) is 18.4. The minimum atomic E-state index is -0.808. The van der Waals surface area contributed by atoms with Crippen molar-refractivity contribution in [2.24, 2.45) is 0 Å². The Bertz CT molecular complexity index is 646. The predicted octanol–water partition coefficient (Wildman–Crippen LogP) is 9.72. The van der Waals surface area contributed by atoms with Crippen LogP contribution < -0.4 is 4.65 Å². The van der Waals surface area contributed by atoms with Crippen LogP contribution in [0.5, 0.6) is 5.75 Å². The summed E-state index contributed by atoms with van der Waals surface area (Å²) < 4.78 is 34.0. The summed E-state index contributed by atoms with van der Waals surface area (Å²) in [7, 11) is -0.808. The molecule has 222 valence electrons. The van der Waals surface area contributed by atoms with E-state index in [-0.39, 0.29) is 11.9 Å². The van der Waals surface area contributed by atoms with E-state index in [2.05, 4.69) is 55.4 Å². The van der Waals surface area contributed by atoms with Crippen molar-refractivity contribution in [1.29, 1.82) is 0 Å². The van der Waals surface area contributed by atoms with Crippen molar-refractivity contribution in [3.8, 4) is 5.75 Å². The number of benzene rings is 1. The highest BCUT2D eigenvalue weighted by Gasteiger charge is 2.36. The van der Waals surface area contributed by atoms with E-state index in [0.717, 1.165) is 56.2 Å². The molecule has 4 nitrogen and oxygen atoms in total. The lowest BCUT2D eigenvalue weighted by Crippen LogP contribution is -2.49. The summed E-state index contributed by atoms with van der Waals surface area (Å²) in [4.78, 5) is 0. The first kappa shape index (κ1) is 36.9. The van der Waals surface area contributed by atoms with Gasteiger partial charge in [-0.05, 0) is 52.7 Å². The van der Waals surface area contributed by atoms with Crippen LogP contribution in [0.25, 0.3) is 0 Å². The normalized spacial score (nSPS) is 12.1. The predicted molar refractivity (Wildman–Crippen MR) is 163 cm³/mol. The fourth-order valence-corrected chi connectivity index (χ4v) is 4.86. The fraction of sp³-hybridized carbons (Fsp3) is 0.781. The van der Waals surface area contributed by atoms with Gasteiger partial charge >= 0.3 is 7.32 Å². The molecule has 1 rings (SSSR count). The second kappa shape index (κ2) is 23.8. The van der Waals surface area contributed by atoms with Crippen LogP contribution >= 0.6 is 0 Å². The molecule has 0 fully saturated rings. The van der Waals surface area contributed by atoms with Crippen LogP contribution in [0.1, 0.15) is 137 Å². The Kier molecular flexibility index (Phi) is 23.1. The van der Waals surface area contributed by atoms with Gasteiger partial charge in [0.25, 0.3) is 0 Å². The highest BCUT2D eigenvalue weighted by Crippen LogP contribution is 2.36. The van der Waals surface area contributed by atoms with E-state index in [1.807, 2.05) is 6.07 Å². The molecule has 6 heteroatoms. The van der Waals surface area contributed by atoms with Gasteiger partial charge in [0.1, 0.15) is 17.6 Å². The monoisotopic (exact) mass is 537 g/mol. The van der Waals surface area contributed by atoms with E-state index in [1.54, 1.807) is 6.07 Å². The smallest absolute Gasteiger partial charge is 0.511 e. The number of nitrogens with zero attached hydrogens (tertiary/aromatic N) is 1. The van der Waals surface area contributed by atoms with Crippen LogP contribution in [0.2, 0.25) is 0 Å². The number of rotatable bonds is 22. The highest BCUT2D eigenvalue weighted by atomic mass is 19.1. The van der Waals surface area contributed by atoms with Crippen LogP contribution in [-0.4, -0.2) is 44.7 Å². The second-order valence-corrected chi connectivity index (χ2v) is 10.3. The lowest BCUT2D eigenvalue weighted by molar-refractivity contribution is -0.950. The van der Waals surface area contributed by atoms with Crippen LogP contribution in [0.4, 0.5) is 4.39 Å². The lowest BCUT2D eigenvalue weighted by atomic mass is 10.0. The third kappa shape index (κ3) is 14.3. The molecular weight excluding hydrogens is 476 g/mol. The topological polar surface area (TPSA) is 27.7 Å². The van der Waals surface area contributed by atoms with Crippen LogP contribution in [0.3, 0.4) is 0 Å². The summed E-state index contributed by atoms with van der Waals surface area (Å²) >= 11 is 0. The largest absolute Gasteiger partial charge is 0.713 e. The molecule has 0 heterocycles. The fourth-order valence-electron chi connectivity index (χ4n) is 4.86. The minimum absolute atomic E-state index is 0.0269. The summed E-state index contributed by atoms with van der Waals surface area (Å²) in [5.41, 5.74) is 0.618. The van der Waals surface area contributed by atoms with Crippen LogP contribution in [0, 0.1) is 12.7 Å². The molecule has 1 atom stereocenters. The van der Waals surface area contributed by atoms with E-state index in [1.165, 1.54) is 51.0 Å². The maximum Gasteiger partial charge on any atom is 0.713 e. The zero-order valence-electron chi connectivity index (χ0n) is 26.2. The van der Waals surface area contributed by atoms with Crippen molar-refractivity contribution in [2.75, 3.05) is 32.8 Å². The van der Waals surface area contributed by atoms with Gasteiger partial charge in [-0.25, -0.2) is 4.39 Å². The molecule has 0 saturated heterocycles. The van der Waals surface area contributed by atoms with Gasteiger partial charge in [0.05, 0.1) is 25.2 Å². The van der Waals surface area contributed by atoms with Crippen molar-refractivity contribution in [3.05, 3.63) is 36.5 Å². The summed E-state index contributed by atoms with van der Waals surface area (Å²) in [6.07, 6.45) is 14.0. The Morgan fingerprint density at radius 2 is 1.26 bits per heavy atom. The quantitative estimate of drug-likeness (QED) is 0.0638. The van der Waals surface area contributed by atoms with Crippen molar-refractivity contribution in [1.82, 2.24) is 0 Å². The standard InChI is InChI=1S/C26H48BFNO3.C6H13/c1-7-12-14-16-21-30-27(31-22-17-15-13-8-2)32-25-20-18-19-24(28)26(25)23(6)29(9-3,10-4)11-5;1-3-5-6-4-2/h18-20,23H,7-17,21-22H2,1-6H3;1,3-6H2,2H3/q+1;-1. The molecule has 0 bridgehead atoms. The molecule has 1 aromatic carbocycles.